The number of benzene rings is 2. The van der Waals surface area contributed by atoms with Crippen LogP contribution in [0.4, 0.5) is 8.78 Å². The fraction of sp³-hybridized carbons (Fsp3) is 0.200. The van der Waals surface area contributed by atoms with Crippen LogP contribution in [0.1, 0.15) is 23.6 Å². The topological polar surface area (TPSA) is 26.0 Å². The lowest BCUT2D eigenvalue weighted by Gasteiger charge is -2.26. The molecule has 0 aromatic heterocycles. The quantitative estimate of drug-likeness (QED) is 0.863. The molecule has 0 saturated heterocycles. The standard InChI is InChI=1S/C15H15F2N/c1-10-4-3-5-11(6-10)15(2,18)12-7-13(16)9-14(17)8-12/h3-9H,18H2,1-2H3. The maximum absolute atomic E-state index is 13.3. The Kier molecular flexibility index (Phi) is 3.18. The third-order valence-corrected chi connectivity index (χ3v) is 3.08. The molecule has 2 N–H and O–H groups in total. The largest absolute Gasteiger partial charge is 0.318 e. The average Bonchev–Trinajstić information content (AvgIpc) is 2.27. The Morgan fingerprint density at radius 1 is 0.944 bits per heavy atom. The summed E-state index contributed by atoms with van der Waals surface area (Å²) in [4.78, 5) is 0. The van der Waals surface area contributed by atoms with Crippen LogP contribution in [0.3, 0.4) is 0 Å². The van der Waals surface area contributed by atoms with Crippen molar-refractivity contribution in [2.45, 2.75) is 19.4 Å². The molecule has 0 spiro atoms. The Morgan fingerprint density at radius 2 is 1.56 bits per heavy atom. The molecule has 2 rings (SSSR count). The van der Waals surface area contributed by atoms with Gasteiger partial charge in [-0.1, -0.05) is 29.8 Å². The molecule has 2 aromatic rings. The first-order chi connectivity index (χ1) is 8.39. The van der Waals surface area contributed by atoms with Gasteiger partial charge in [-0.25, -0.2) is 8.78 Å². The summed E-state index contributed by atoms with van der Waals surface area (Å²) in [5.74, 6) is -1.23. The summed E-state index contributed by atoms with van der Waals surface area (Å²) >= 11 is 0. The monoisotopic (exact) mass is 247 g/mol. The Morgan fingerprint density at radius 3 is 2.11 bits per heavy atom. The molecule has 1 nitrogen and oxygen atoms in total. The van der Waals surface area contributed by atoms with Crippen LogP contribution in [0.5, 0.6) is 0 Å². The maximum Gasteiger partial charge on any atom is 0.126 e. The highest BCUT2D eigenvalue weighted by Crippen LogP contribution is 2.28. The van der Waals surface area contributed by atoms with Gasteiger partial charge in [-0.15, -0.1) is 0 Å². The molecular formula is C15H15F2N. The SMILES string of the molecule is Cc1cccc(C(C)(N)c2cc(F)cc(F)c2)c1. The number of halogens is 2. The Bertz CT molecular complexity index is 556. The van der Waals surface area contributed by atoms with Crippen LogP contribution < -0.4 is 5.73 Å². The first-order valence-electron chi connectivity index (χ1n) is 5.72. The molecule has 0 bridgehead atoms. The third kappa shape index (κ3) is 2.41. The second-order valence-electron chi connectivity index (χ2n) is 4.73. The van der Waals surface area contributed by atoms with Gasteiger partial charge in [-0.05, 0) is 37.1 Å². The van der Waals surface area contributed by atoms with E-state index < -0.39 is 17.2 Å². The number of nitrogens with two attached hydrogens (primary N) is 1. The Balaban J connectivity index is 2.53. The van der Waals surface area contributed by atoms with Crippen molar-refractivity contribution < 1.29 is 8.78 Å². The zero-order chi connectivity index (χ0) is 13.3. The van der Waals surface area contributed by atoms with Crippen LogP contribution in [0.15, 0.2) is 42.5 Å². The second kappa shape index (κ2) is 4.50. The van der Waals surface area contributed by atoms with E-state index in [2.05, 4.69) is 0 Å². The van der Waals surface area contributed by atoms with Crippen molar-refractivity contribution in [3.05, 3.63) is 70.8 Å². The first-order valence-corrected chi connectivity index (χ1v) is 5.72. The predicted octanol–water partition coefficient (Wildman–Crippen LogP) is 3.50. The molecule has 1 unspecified atom stereocenters. The molecule has 0 saturated carbocycles. The summed E-state index contributed by atoms with van der Waals surface area (Å²) in [6, 6.07) is 11.0. The van der Waals surface area contributed by atoms with Gasteiger partial charge < -0.3 is 5.73 Å². The van der Waals surface area contributed by atoms with Gasteiger partial charge in [-0.3, -0.25) is 0 Å². The van der Waals surface area contributed by atoms with Gasteiger partial charge in [0.25, 0.3) is 0 Å². The van der Waals surface area contributed by atoms with Crippen molar-refractivity contribution in [3.8, 4) is 0 Å². The maximum atomic E-state index is 13.3. The summed E-state index contributed by atoms with van der Waals surface area (Å²) in [6.45, 7) is 3.70. The molecule has 0 aliphatic carbocycles. The van der Waals surface area contributed by atoms with Gasteiger partial charge >= 0.3 is 0 Å². The van der Waals surface area contributed by atoms with Crippen LogP contribution in [-0.2, 0) is 5.54 Å². The fourth-order valence-electron chi connectivity index (χ4n) is 1.99. The van der Waals surface area contributed by atoms with Crippen LogP contribution >= 0.6 is 0 Å². The van der Waals surface area contributed by atoms with E-state index in [0.717, 1.165) is 17.2 Å². The molecule has 3 heteroatoms. The lowest BCUT2D eigenvalue weighted by atomic mass is 9.85. The first kappa shape index (κ1) is 12.7. The highest BCUT2D eigenvalue weighted by atomic mass is 19.1. The molecule has 0 heterocycles. The molecule has 94 valence electrons. The second-order valence-corrected chi connectivity index (χ2v) is 4.73. The van der Waals surface area contributed by atoms with E-state index in [9.17, 15) is 8.78 Å². The summed E-state index contributed by atoms with van der Waals surface area (Å²) in [7, 11) is 0. The highest BCUT2D eigenvalue weighted by Gasteiger charge is 2.25. The van der Waals surface area contributed by atoms with E-state index in [1.807, 2.05) is 31.2 Å². The lowest BCUT2D eigenvalue weighted by molar-refractivity contribution is 0.550. The minimum atomic E-state index is -0.922. The molecule has 0 fully saturated rings. The summed E-state index contributed by atoms with van der Waals surface area (Å²) in [5.41, 5.74) is 7.62. The molecule has 0 aliphatic rings. The van der Waals surface area contributed by atoms with E-state index in [1.54, 1.807) is 6.92 Å². The molecular weight excluding hydrogens is 232 g/mol. The van der Waals surface area contributed by atoms with Crippen LogP contribution in [-0.4, -0.2) is 0 Å². The zero-order valence-corrected chi connectivity index (χ0v) is 10.4. The summed E-state index contributed by atoms with van der Waals surface area (Å²) in [5, 5.41) is 0. The van der Waals surface area contributed by atoms with Crippen molar-refractivity contribution in [2.24, 2.45) is 5.73 Å². The number of aryl methyl sites for hydroxylation is 1. The third-order valence-electron chi connectivity index (χ3n) is 3.08. The summed E-state index contributed by atoms with van der Waals surface area (Å²) in [6.07, 6.45) is 0. The van der Waals surface area contributed by atoms with Crippen molar-refractivity contribution in [1.29, 1.82) is 0 Å². The lowest BCUT2D eigenvalue weighted by Crippen LogP contribution is -2.34. The van der Waals surface area contributed by atoms with Gasteiger partial charge in [0.15, 0.2) is 0 Å². The molecule has 0 amide bonds. The van der Waals surface area contributed by atoms with E-state index in [4.69, 9.17) is 5.73 Å². The molecule has 2 aromatic carbocycles. The molecule has 0 aliphatic heterocycles. The van der Waals surface area contributed by atoms with E-state index in [-0.39, 0.29) is 0 Å². The fourth-order valence-corrected chi connectivity index (χ4v) is 1.99. The minimum Gasteiger partial charge on any atom is -0.318 e. The Hall–Kier alpha value is -1.74. The number of rotatable bonds is 2. The highest BCUT2D eigenvalue weighted by molar-refractivity contribution is 5.38. The zero-order valence-electron chi connectivity index (χ0n) is 10.4. The van der Waals surface area contributed by atoms with E-state index in [1.165, 1.54) is 12.1 Å². The van der Waals surface area contributed by atoms with Crippen molar-refractivity contribution in [3.63, 3.8) is 0 Å². The molecule has 0 radical (unpaired) electrons. The van der Waals surface area contributed by atoms with Gasteiger partial charge in [0.1, 0.15) is 11.6 Å². The van der Waals surface area contributed by atoms with Crippen molar-refractivity contribution >= 4 is 0 Å². The molecule has 18 heavy (non-hydrogen) atoms. The van der Waals surface area contributed by atoms with Gasteiger partial charge in [-0.2, -0.15) is 0 Å². The van der Waals surface area contributed by atoms with Gasteiger partial charge in [0.05, 0.1) is 5.54 Å². The smallest absolute Gasteiger partial charge is 0.126 e. The van der Waals surface area contributed by atoms with Crippen molar-refractivity contribution in [2.75, 3.05) is 0 Å². The molecule has 1 atom stereocenters. The van der Waals surface area contributed by atoms with E-state index >= 15 is 0 Å². The number of hydrogen-bond acceptors (Lipinski definition) is 1. The van der Waals surface area contributed by atoms with Crippen LogP contribution in [0, 0.1) is 18.6 Å². The minimum absolute atomic E-state index is 0.422. The van der Waals surface area contributed by atoms with Crippen molar-refractivity contribution in [1.82, 2.24) is 0 Å². The van der Waals surface area contributed by atoms with Crippen LogP contribution in [0.25, 0.3) is 0 Å². The number of hydrogen-bond donors (Lipinski definition) is 1. The summed E-state index contributed by atoms with van der Waals surface area (Å²) < 4.78 is 26.5. The van der Waals surface area contributed by atoms with Gasteiger partial charge in [0, 0.05) is 6.07 Å². The predicted molar refractivity (Wildman–Crippen MR) is 68.2 cm³/mol. The Labute approximate surface area is 105 Å². The van der Waals surface area contributed by atoms with Crippen LogP contribution in [0.2, 0.25) is 0 Å². The van der Waals surface area contributed by atoms with Gasteiger partial charge in [0.2, 0.25) is 0 Å². The van der Waals surface area contributed by atoms with E-state index in [0.29, 0.717) is 5.56 Å². The average molecular weight is 247 g/mol. The normalized spacial score (nSPS) is 14.3.